The van der Waals surface area contributed by atoms with E-state index in [2.05, 4.69) is 17.3 Å². The fourth-order valence-electron chi connectivity index (χ4n) is 3.66. The quantitative estimate of drug-likeness (QED) is 0.759. The summed E-state index contributed by atoms with van der Waals surface area (Å²) in [5, 5.41) is 13.6. The van der Waals surface area contributed by atoms with Crippen molar-refractivity contribution < 1.29 is 5.11 Å². The van der Waals surface area contributed by atoms with E-state index in [0.29, 0.717) is 0 Å². The Kier molecular flexibility index (Phi) is 5.93. The Morgan fingerprint density at radius 3 is 2.56 bits per heavy atom. The normalized spacial score (nSPS) is 27.8. The lowest BCUT2D eigenvalue weighted by molar-refractivity contribution is 0.0932. The first kappa shape index (κ1) is 14.3. The van der Waals surface area contributed by atoms with E-state index in [1.165, 1.54) is 45.1 Å². The Balaban J connectivity index is 1.61. The highest BCUT2D eigenvalue weighted by molar-refractivity contribution is 4.75. The number of piperidine rings is 1. The van der Waals surface area contributed by atoms with Crippen LogP contribution < -0.4 is 5.32 Å². The first-order valence-electron chi connectivity index (χ1n) is 7.81. The van der Waals surface area contributed by atoms with Crippen molar-refractivity contribution in [2.75, 3.05) is 33.2 Å². The molecule has 2 aliphatic rings. The van der Waals surface area contributed by atoms with E-state index in [1.807, 2.05) is 0 Å². The summed E-state index contributed by atoms with van der Waals surface area (Å²) in [6.07, 6.45) is 8.99. The van der Waals surface area contributed by atoms with Crippen molar-refractivity contribution in [2.24, 2.45) is 11.8 Å². The number of hydrogen-bond donors (Lipinski definition) is 2. The van der Waals surface area contributed by atoms with Crippen LogP contribution in [0.25, 0.3) is 0 Å². The number of aliphatic hydroxyl groups is 1. The molecule has 1 aliphatic carbocycles. The van der Waals surface area contributed by atoms with Crippen LogP contribution in [0.15, 0.2) is 0 Å². The van der Waals surface area contributed by atoms with Crippen molar-refractivity contribution in [1.29, 1.82) is 0 Å². The lowest BCUT2D eigenvalue weighted by atomic mass is 9.98. The molecule has 18 heavy (non-hydrogen) atoms. The fraction of sp³-hybridized carbons (Fsp3) is 1.00. The van der Waals surface area contributed by atoms with Crippen LogP contribution in [0.1, 0.15) is 44.9 Å². The van der Waals surface area contributed by atoms with E-state index < -0.39 is 0 Å². The predicted molar refractivity (Wildman–Crippen MR) is 75.7 cm³/mol. The van der Waals surface area contributed by atoms with Crippen molar-refractivity contribution in [2.45, 2.75) is 51.0 Å². The maximum Gasteiger partial charge on any atom is 0.0669 e. The van der Waals surface area contributed by atoms with Crippen LogP contribution in [0.4, 0.5) is 0 Å². The van der Waals surface area contributed by atoms with E-state index in [9.17, 15) is 5.11 Å². The van der Waals surface area contributed by atoms with Gasteiger partial charge in [0.1, 0.15) is 0 Å². The third-order valence-corrected chi connectivity index (χ3v) is 4.57. The minimum Gasteiger partial charge on any atom is -0.392 e. The highest BCUT2D eigenvalue weighted by Gasteiger charge is 2.21. The zero-order chi connectivity index (χ0) is 12.8. The SMILES string of the molecule is CN(CC(O)CC1CCCC1)CC1CCCNC1. The van der Waals surface area contributed by atoms with E-state index in [-0.39, 0.29) is 6.10 Å². The first-order chi connectivity index (χ1) is 8.74. The molecule has 0 aromatic carbocycles. The van der Waals surface area contributed by atoms with Crippen molar-refractivity contribution >= 4 is 0 Å². The molecule has 0 amide bonds. The van der Waals surface area contributed by atoms with Crippen LogP contribution in [0.5, 0.6) is 0 Å². The summed E-state index contributed by atoms with van der Waals surface area (Å²) in [6.45, 7) is 4.33. The number of likely N-dealkylation sites (N-methyl/N-ethyl adjacent to an activating group) is 1. The van der Waals surface area contributed by atoms with Crippen molar-refractivity contribution in [3.8, 4) is 0 Å². The first-order valence-corrected chi connectivity index (χ1v) is 7.81. The van der Waals surface area contributed by atoms with Crippen LogP contribution in [0, 0.1) is 11.8 Å². The molecule has 0 bridgehead atoms. The number of rotatable bonds is 6. The van der Waals surface area contributed by atoms with E-state index in [1.54, 1.807) is 0 Å². The molecule has 0 radical (unpaired) electrons. The van der Waals surface area contributed by atoms with Gasteiger partial charge < -0.3 is 15.3 Å². The Morgan fingerprint density at radius 1 is 1.17 bits per heavy atom. The van der Waals surface area contributed by atoms with Gasteiger partial charge in [0.2, 0.25) is 0 Å². The summed E-state index contributed by atoms with van der Waals surface area (Å²) in [5.74, 6) is 1.58. The summed E-state index contributed by atoms with van der Waals surface area (Å²) in [7, 11) is 2.16. The summed E-state index contributed by atoms with van der Waals surface area (Å²) >= 11 is 0. The molecule has 0 aromatic heterocycles. The smallest absolute Gasteiger partial charge is 0.0669 e. The summed E-state index contributed by atoms with van der Waals surface area (Å²) in [5.41, 5.74) is 0. The van der Waals surface area contributed by atoms with Gasteiger partial charge in [-0.05, 0) is 51.2 Å². The van der Waals surface area contributed by atoms with Crippen molar-refractivity contribution in [3.63, 3.8) is 0 Å². The summed E-state index contributed by atoms with van der Waals surface area (Å²) in [4.78, 5) is 2.33. The average Bonchev–Trinajstić information content (AvgIpc) is 2.82. The van der Waals surface area contributed by atoms with Crippen LogP contribution in [-0.4, -0.2) is 49.3 Å². The third-order valence-electron chi connectivity index (χ3n) is 4.57. The molecule has 1 heterocycles. The summed E-state index contributed by atoms with van der Waals surface area (Å²) in [6, 6.07) is 0. The number of aliphatic hydroxyl groups excluding tert-OH is 1. The molecule has 1 saturated heterocycles. The average molecular weight is 254 g/mol. The highest BCUT2D eigenvalue weighted by Crippen LogP contribution is 2.28. The van der Waals surface area contributed by atoms with Crippen molar-refractivity contribution in [3.05, 3.63) is 0 Å². The van der Waals surface area contributed by atoms with Crippen LogP contribution in [-0.2, 0) is 0 Å². The molecule has 1 saturated carbocycles. The molecule has 3 nitrogen and oxygen atoms in total. The van der Waals surface area contributed by atoms with Gasteiger partial charge in [-0.3, -0.25) is 0 Å². The van der Waals surface area contributed by atoms with Gasteiger partial charge in [0.25, 0.3) is 0 Å². The standard InChI is InChI=1S/C15H30N2O/c1-17(11-14-7-4-8-16-10-14)12-15(18)9-13-5-2-3-6-13/h13-16,18H,2-12H2,1H3. The number of nitrogens with zero attached hydrogens (tertiary/aromatic N) is 1. The van der Waals surface area contributed by atoms with Crippen LogP contribution in [0.2, 0.25) is 0 Å². The second-order valence-corrected chi connectivity index (χ2v) is 6.47. The zero-order valence-corrected chi connectivity index (χ0v) is 11.9. The predicted octanol–water partition coefficient (Wildman–Crippen LogP) is 1.86. The summed E-state index contributed by atoms with van der Waals surface area (Å²) < 4.78 is 0. The minimum absolute atomic E-state index is 0.116. The second-order valence-electron chi connectivity index (χ2n) is 6.47. The molecule has 2 atom stereocenters. The van der Waals surface area contributed by atoms with E-state index in [4.69, 9.17) is 0 Å². The molecule has 106 valence electrons. The number of hydrogen-bond acceptors (Lipinski definition) is 3. The minimum atomic E-state index is -0.116. The van der Waals surface area contributed by atoms with Gasteiger partial charge in [0.15, 0.2) is 0 Å². The van der Waals surface area contributed by atoms with Gasteiger partial charge in [-0.25, -0.2) is 0 Å². The topological polar surface area (TPSA) is 35.5 Å². The molecule has 2 rings (SSSR count). The molecule has 2 unspecified atom stereocenters. The highest BCUT2D eigenvalue weighted by atomic mass is 16.3. The number of nitrogens with one attached hydrogen (secondary N) is 1. The molecular weight excluding hydrogens is 224 g/mol. The van der Waals surface area contributed by atoms with E-state index in [0.717, 1.165) is 37.9 Å². The van der Waals surface area contributed by atoms with E-state index >= 15 is 0 Å². The lowest BCUT2D eigenvalue weighted by Gasteiger charge is -2.29. The lowest BCUT2D eigenvalue weighted by Crippen LogP contribution is -2.39. The monoisotopic (exact) mass is 254 g/mol. The van der Waals surface area contributed by atoms with Gasteiger partial charge in [0, 0.05) is 13.1 Å². The Labute approximate surface area is 112 Å². The molecule has 2 N–H and O–H groups in total. The van der Waals surface area contributed by atoms with Crippen molar-refractivity contribution in [1.82, 2.24) is 10.2 Å². The maximum absolute atomic E-state index is 10.2. The van der Waals surface area contributed by atoms with Gasteiger partial charge in [-0.2, -0.15) is 0 Å². The van der Waals surface area contributed by atoms with Gasteiger partial charge in [-0.15, -0.1) is 0 Å². The Hall–Kier alpha value is -0.120. The molecule has 0 aromatic rings. The molecule has 2 fully saturated rings. The van der Waals surface area contributed by atoms with Crippen LogP contribution in [0.3, 0.4) is 0 Å². The second kappa shape index (κ2) is 7.46. The largest absolute Gasteiger partial charge is 0.392 e. The van der Waals surface area contributed by atoms with Gasteiger partial charge in [0.05, 0.1) is 6.10 Å². The molecular formula is C15H30N2O. The zero-order valence-electron chi connectivity index (χ0n) is 11.9. The molecule has 3 heteroatoms. The van der Waals surface area contributed by atoms with Gasteiger partial charge >= 0.3 is 0 Å². The Bertz CT molecular complexity index is 223. The molecule has 0 spiro atoms. The van der Waals surface area contributed by atoms with Gasteiger partial charge in [-0.1, -0.05) is 25.7 Å². The Morgan fingerprint density at radius 2 is 1.89 bits per heavy atom. The maximum atomic E-state index is 10.2. The molecule has 1 aliphatic heterocycles. The van der Waals surface area contributed by atoms with Crippen LogP contribution >= 0.6 is 0 Å². The third kappa shape index (κ3) is 4.87. The fourth-order valence-corrected chi connectivity index (χ4v) is 3.66.